The van der Waals surface area contributed by atoms with Crippen molar-refractivity contribution < 1.29 is 27.9 Å². The summed E-state index contributed by atoms with van der Waals surface area (Å²) in [6, 6.07) is -0.455. The van der Waals surface area contributed by atoms with E-state index in [-0.39, 0.29) is 12.3 Å². The molecule has 0 aliphatic heterocycles. The van der Waals surface area contributed by atoms with Gasteiger partial charge in [0, 0.05) is 19.5 Å². The zero-order valence-corrected chi connectivity index (χ0v) is 12.9. The van der Waals surface area contributed by atoms with Gasteiger partial charge in [-0.1, -0.05) is 25.7 Å². The Bertz CT molecular complexity index is 379. The van der Waals surface area contributed by atoms with E-state index >= 15 is 0 Å². The minimum atomic E-state index is -4.86. The van der Waals surface area contributed by atoms with Crippen LogP contribution in [0.2, 0.25) is 0 Å². The van der Waals surface area contributed by atoms with Gasteiger partial charge < -0.3 is 10.0 Å². The van der Waals surface area contributed by atoms with Gasteiger partial charge in [0.2, 0.25) is 0 Å². The molecule has 0 spiro atoms. The fourth-order valence-electron chi connectivity index (χ4n) is 3.24. The zero-order valence-electron chi connectivity index (χ0n) is 12.9. The third kappa shape index (κ3) is 5.85. The van der Waals surface area contributed by atoms with Gasteiger partial charge in [-0.2, -0.15) is 13.2 Å². The molecular formula is C15H24F3NO3. The number of rotatable bonds is 7. The summed E-state index contributed by atoms with van der Waals surface area (Å²) in [6.07, 6.45) is 1.22. The van der Waals surface area contributed by atoms with Crippen molar-refractivity contribution in [2.24, 2.45) is 5.92 Å². The summed E-state index contributed by atoms with van der Waals surface area (Å²) in [6.45, 7) is 0. The molecule has 4 nitrogen and oxygen atoms in total. The van der Waals surface area contributed by atoms with E-state index in [1.165, 1.54) is 7.05 Å². The first-order valence-corrected chi connectivity index (χ1v) is 7.79. The van der Waals surface area contributed by atoms with E-state index in [2.05, 4.69) is 0 Å². The number of carbonyl (C=O) groups is 2. The molecule has 0 aromatic heterocycles. The molecule has 0 aromatic rings. The smallest absolute Gasteiger partial charge is 0.471 e. The normalized spacial score (nSPS) is 18.0. The lowest BCUT2D eigenvalue weighted by Crippen LogP contribution is -2.48. The number of hydrogen-bond acceptors (Lipinski definition) is 2. The van der Waals surface area contributed by atoms with Crippen molar-refractivity contribution in [3.8, 4) is 0 Å². The van der Waals surface area contributed by atoms with E-state index in [0.717, 1.165) is 37.0 Å². The molecular weight excluding hydrogens is 299 g/mol. The van der Waals surface area contributed by atoms with Gasteiger partial charge in [0.25, 0.3) is 0 Å². The number of carboxylic acids is 1. The van der Waals surface area contributed by atoms with E-state index in [0.29, 0.717) is 19.3 Å². The van der Waals surface area contributed by atoms with Crippen LogP contribution in [0, 0.1) is 5.92 Å². The van der Waals surface area contributed by atoms with Crippen LogP contribution in [0.4, 0.5) is 13.2 Å². The summed E-state index contributed by atoms with van der Waals surface area (Å²) in [7, 11) is 1.21. The molecule has 0 heterocycles. The monoisotopic (exact) mass is 323 g/mol. The molecule has 1 amide bonds. The first kappa shape index (κ1) is 18.8. The van der Waals surface area contributed by atoms with Crippen LogP contribution >= 0.6 is 0 Å². The van der Waals surface area contributed by atoms with Gasteiger partial charge in [0.15, 0.2) is 0 Å². The molecule has 128 valence electrons. The van der Waals surface area contributed by atoms with Crippen LogP contribution in [-0.4, -0.2) is 41.1 Å². The first-order valence-electron chi connectivity index (χ1n) is 7.79. The SMILES string of the molecule is CN(C(=O)C(F)(F)F)C(CCCCC(=O)O)C1CCCCC1. The second kappa shape index (κ2) is 8.39. The number of unbranched alkanes of at least 4 members (excludes halogenated alkanes) is 1. The van der Waals surface area contributed by atoms with Crippen LogP contribution in [0.3, 0.4) is 0 Å². The summed E-state index contributed by atoms with van der Waals surface area (Å²) in [5.74, 6) is -2.63. The highest BCUT2D eigenvalue weighted by atomic mass is 19.4. The Morgan fingerprint density at radius 1 is 1.18 bits per heavy atom. The maximum Gasteiger partial charge on any atom is 0.471 e. The van der Waals surface area contributed by atoms with Crippen molar-refractivity contribution in [2.75, 3.05) is 7.05 Å². The molecule has 0 saturated heterocycles. The molecule has 1 aliphatic carbocycles. The standard InChI is InChI=1S/C15H24F3NO3/c1-19(14(22)15(16,17)18)12(9-5-6-10-13(20)21)11-7-3-2-4-8-11/h11-12H,2-10H2,1H3,(H,20,21). The molecule has 1 unspecified atom stereocenters. The Morgan fingerprint density at radius 2 is 1.77 bits per heavy atom. The summed E-state index contributed by atoms with van der Waals surface area (Å²) in [5, 5.41) is 8.62. The van der Waals surface area contributed by atoms with Gasteiger partial charge in [0.05, 0.1) is 0 Å². The van der Waals surface area contributed by atoms with Gasteiger partial charge in [0.1, 0.15) is 0 Å². The largest absolute Gasteiger partial charge is 0.481 e. The second-order valence-electron chi connectivity index (χ2n) is 6.02. The van der Waals surface area contributed by atoms with Crippen molar-refractivity contribution >= 4 is 11.9 Å². The molecule has 1 atom stereocenters. The number of halogens is 3. The molecule has 0 bridgehead atoms. The van der Waals surface area contributed by atoms with E-state index in [1.807, 2.05) is 0 Å². The molecule has 1 aliphatic rings. The van der Waals surface area contributed by atoms with Gasteiger partial charge in [-0.05, 0) is 31.6 Å². The van der Waals surface area contributed by atoms with E-state index in [1.54, 1.807) is 0 Å². The highest BCUT2D eigenvalue weighted by Gasteiger charge is 2.44. The summed E-state index contributed by atoms with van der Waals surface area (Å²) in [4.78, 5) is 22.8. The second-order valence-corrected chi connectivity index (χ2v) is 6.02. The van der Waals surface area contributed by atoms with E-state index in [4.69, 9.17) is 5.11 Å². The maximum atomic E-state index is 12.7. The van der Waals surface area contributed by atoms with Gasteiger partial charge in [-0.25, -0.2) is 0 Å². The van der Waals surface area contributed by atoms with Crippen LogP contribution in [0.25, 0.3) is 0 Å². The number of hydrogen-bond donors (Lipinski definition) is 1. The lowest BCUT2D eigenvalue weighted by molar-refractivity contribution is -0.187. The topological polar surface area (TPSA) is 57.6 Å². The van der Waals surface area contributed by atoms with Crippen molar-refractivity contribution in [3.05, 3.63) is 0 Å². The number of alkyl halides is 3. The Kier molecular flexibility index (Phi) is 7.16. The lowest BCUT2D eigenvalue weighted by Gasteiger charge is -2.37. The predicted molar refractivity (Wildman–Crippen MR) is 75.3 cm³/mol. The zero-order chi connectivity index (χ0) is 16.8. The summed E-state index contributed by atoms with van der Waals surface area (Å²) >= 11 is 0. The number of amides is 1. The Labute approximate surface area is 128 Å². The first-order chi connectivity index (χ1) is 10.2. The lowest BCUT2D eigenvalue weighted by atomic mass is 9.81. The van der Waals surface area contributed by atoms with Crippen LogP contribution in [0.5, 0.6) is 0 Å². The summed E-state index contributed by atoms with van der Waals surface area (Å²) < 4.78 is 38.0. The van der Waals surface area contributed by atoms with Crippen LogP contribution in [0.1, 0.15) is 57.8 Å². The third-order valence-electron chi connectivity index (χ3n) is 4.39. The molecule has 1 fully saturated rings. The quantitative estimate of drug-likeness (QED) is 0.728. The van der Waals surface area contributed by atoms with Gasteiger partial charge in [-0.15, -0.1) is 0 Å². The van der Waals surface area contributed by atoms with Gasteiger partial charge in [-0.3, -0.25) is 9.59 Å². The van der Waals surface area contributed by atoms with Crippen molar-refractivity contribution in [2.45, 2.75) is 70.0 Å². The van der Waals surface area contributed by atoms with Crippen LogP contribution < -0.4 is 0 Å². The number of nitrogens with zero attached hydrogens (tertiary/aromatic N) is 1. The predicted octanol–water partition coefficient (Wildman–Crippen LogP) is 3.60. The highest BCUT2D eigenvalue weighted by Crippen LogP contribution is 2.32. The molecule has 1 saturated carbocycles. The minimum absolute atomic E-state index is 0.00825. The van der Waals surface area contributed by atoms with Crippen molar-refractivity contribution in [3.63, 3.8) is 0 Å². The van der Waals surface area contributed by atoms with Gasteiger partial charge >= 0.3 is 18.1 Å². The minimum Gasteiger partial charge on any atom is -0.481 e. The fourth-order valence-corrected chi connectivity index (χ4v) is 3.24. The number of aliphatic carboxylic acids is 1. The molecule has 1 N–H and O–H groups in total. The Hall–Kier alpha value is -1.27. The molecule has 22 heavy (non-hydrogen) atoms. The third-order valence-corrected chi connectivity index (χ3v) is 4.39. The van der Waals surface area contributed by atoms with Crippen LogP contribution in [0.15, 0.2) is 0 Å². The average molecular weight is 323 g/mol. The average Bonchev–Trinajstić information content (AvgIpc) is 2.45. The summed E-state index contributed by atoms with van der Waals surface area (Å²) in [5.41, 5.74) is 0. The van der Waals surface area contributed by atoms with E-state index < -0.39 is 24.1 Å². The molecule has 0 aromatic carbocycles. The number of carboxylic acid groups (broad SMARTS) is 1. The molecule has 1 rings (SSSR count). The van der Waals surface area contributed by atoms with Crippen LogP contribution in [-0.2, 0) is 9.59 Å². The highest BCUT2D eigenvalue weighted by molar-refractivity contribution is 5.81. The van der Waals surface area contributed by atoms with Crippen molar-refractivity contribution in [1.29, 1.82) is 0 Å². The Morgan fingerprint density at radius 3 is 2.27 bits per heavy atom. The van der Waals surface area contributed by atoms with Crippen molar-refractivity contribution in [1.82, 2.24) is 4.90 Å². The van der Waals surface area contributed by atoms with E-state index in [9.17, 15) is 22.8 Å². The fraction of sp³-hybridized carbons (Fsp3) is 0.867. The Balaban J connectivity index is 2.68. The molecule has 0 radical (unpaired) electrons. The maximum absolute atomic E-state index is 12.7. The molecule has 7 heteroatoms. The number of carbonyl (C=O) groups excluding carboxylic acids is 1.